The molecular weight excluding hydrogens is 358 g/mol. The predicted molar refractivity (Wildman–Crippen MR) is 95.2 cm³/mol. The molecule has 9 heteroatoms. The highest BCUT2D eigenvalue weighted by atomic mass is 35.5. The first-order valence-electron chi connectivity index (χ1n) is 7.82. The molecule has 0 atom stereocenters. The molecule has 0 aliphatic carbocycles. The maximum absolute atomic E-state index is 12.2. The van der Waals surface area contributed by atoms with Gasteiger partial charge >= 0.3 is 5.97 Å². The Kier molecular flexibility index (Phi) is 5.33. The second-order valence-corrected chi connectivity index (χ2v) is 6.08. The highest BCUT2D eigenvalue weighted by Gasteiger charge is 2.10. The van der Waals surface area contributed by atoms with Crippen LogP contribution in [0.1, 0.15) is 22.3 Å². The second kappa shape index (κ2) is 7.83. The summed E-state index contributed by atoms with van der Waals surface area (Å²) in [7, 11) is 0. The highest BCUT2D eigenvalue weighted by Crippen LogP contribution is 2.13. The van der Waals surface area contributed by atoms with Crippen LogP contribution in [0.25, 0.3) is 0 Å². The summed E-state index contributed by atoms with van der Waals surface area (Å²) in [6, 6.07) is 7.38. The number of hydrogen-bond acceptors (Lipinski definition) is 4. The van der Waals surface area contributed by atoms with E-state index in [-0.39, 0.29) is 18.9 Å². The van der Waals surface area contributed by atoms with Gasteiger partial charge in [-0.25, -0.2) is 0 Å². The SMILES string of the molecule is O=C(O)CCn1cc(C(=O)Nc2ccc(Cn3cc(Cl)cn3)cc2)cn1. The monoisotopic (exact) mass is 373 g/mol. The third-order valence-corrected chi connectivity index (χ3v) is 3.80. The number of benzene rings is 1. The smallest absolute Gasteiger partial charge is 0.305 e. The summed E-state index contributed by atoms with van der Waals surface area (Å²) in [5.74, 6) is -1.22. The van der Waals surface area contributed by atoms with Crippen molar-refractivity contribution in [3.05, 3.63) is 65.2 Å². The second-order valence-electron chi connectivity index (χ2n) is 5.64. The first-order chi connectivity index (χ1) is 12.5. The Hall–Kier alpha value is -3.13. The molecule has 0 spiro atoms. The number of aromatic nitrogens is 4. The molecule has 134 valence electrons. The molecule has 0 fully saturated rings. The molecule has 26 heavy (non-hydrogen) atoms. The van der Waals surface area contributed by atoms with Crippen LogP contribution in [0.4, 0.5) is 5.69 Å². The van der Waals surface area contributed by atoms with Gasteiger partial charge in [0.05, 0.1) is 42.5 Å². The van der Waals surface area contributed by atoms with Crippen molar-refractivity contribution < 1.29 is 14.7 Å². The van der Waals surface area contributed by atoms with E-state index in [1.54, 1.807) is 29.2 Å². The van der Waals surface area contributed by atoms with Crippen LogP contribution in [-0.4, -0.2) is 36.5 Å². The van der Waals surface area contributed by atoms with E-state index >= 15 is 0 Å². The van der Waals surface area contributed by atoms with Gasteiger partial charge < -0.3 is 10.4 Å². The average molecular weight is 374 g/mol. The number of nitrogens with one attached hydrogen (secondary N) is 1. The van der Waals surface area contributed by atoms with Crippen molar-refractivity contribution in [1.82, 2.24) is 19.6 Å². The lowest BCUT2D eigenvalue weighted by atomic mass is 10.2. The van der Waals surface area contributed by atoms with Crippen LogP contribution in [0, 0.1) is 0 Å². The zero-order valence-corrected chi connectivity index (χ0v) is 14.4. The van der Waals surface area contributed by atoms with Crippen LogP contribution in [0.5, 0.6) is 0 Å². The summed E-state index contributed by atoms with van der Waals surface area (Å²) in [5.41, 5.74) is 2.03. The van der Waals surface area contributed by atoms with Crippen LogP contribution in [-0.2, 0) is 17.9 Å². The molecule has 1 aromatic carbocycles. The predicted octanol–water partition coefficient (Wildman–Crippen LogP) is 2.51. The van der Waals surface area contributed by atoms with Gasteiger partial charge in [-0.15, -0.1) is 0 Å². The number of carboxylic acids is 1. The fourth-order valence-electron chi connectivity index (χ4n) is 2.32. The summed E-state index contributed by atoms with van der Waals surface area (Å²) in [6.07, 6.45) is 6.19. The molecule has 0 radical (unpaired) electrons. The van der Waals surface area contributed by atoms with Gasteiger partial charge in [-0.3, -0.25) is 19.0 Å². The van der Waals surface area contributed by atoms with E-state index in [1.807, 2.05) is 12.1 Å². The Morgan fingerprint density at radius 2 is 1.81 bits per heavy atom. The van der Waals surface area contributed by atoms with Crippen molar-refractivity contribution in [3.63, 3.8) is 0 Å². The van der Waals surface area contributed by atoms with Crippen LogP contribution >= 0.6 is 11.6 Å². The Morgan fingerprint density at radius 3 is 2.46 bits per heavy atom. The molecule has 3 rings (SSSR count). The minimum absolute atomic E-state index is 0.0499. The standard InChI is InChI=1S/C17H16ClN5O3/c18-14-8-20-23(11-14)9-12-1-3-15(4-2-12)21-17(26)13-7-19-22(10-13)6-5-16(24)25/h1-4,7-8,10-11H,5-6,9H2,(H,21,26)(H,24,25). The lowest BCUT2D eigenvalue weighted by molar-refractivity contribution is -0.137. The molecule has 0 bridgehead atoms. The van der Waals surface area contributed by atoms with Gasteiger partial charge in [0.15, 0.2) is 0 Å². The van der Waals surface area contributed by atoms with E-state index in [1.165, 1.54) is 17.1 Å². The number of aryl methyl sites for hydroxylation is 1. The Labute approximate surface area is 154 Å². The van der Waals surface area contributed by atoms with E-state index in [2.05, 4.69) is 15.5 Å². The van der Waals surface area contributed by atoms with E-state index in [9.17, 15) is 9.59 Å². The van der Waals surface area contributed by atoms with Gasteiger partial charge in [0.1, 0.15) is 0 Å². The number of aliphatic carboxylic acids is 1. The molecule has 0 saturated carbocycles. The van der Waals surface area contributed by atoms with Gasteiger partial charge in [0, 0.05) is 18.1 Å². The number of amides is 1. The fourth-order valence-corrected chi connectivity index (χ4v) is 2.48. The Balaban J connectivity index is 1.58. The molecule has 2 N–H and O–H groups in total. The van der Waals surface area contributed by atoms with Crippen molar-refractivity contribution in [2.24, 2.45) is 0 Å². The summed E-state index contributed by atoms with van der Waals surface area (Å²) >= 11 is 5.84. The molecule has 0 aliphatic rings. The van der Waals surface area contributed by atoms with Crippen molar-refractivity contribution >= 4 is 29.2 Å². The quantitative estimate of drug-likeness (QED) is 0.662. The normalized spacial score (nSPS) is 10.7. The third kappa shape index (κ3) is 4.70. The lowest BCUT2D eigenvalue weighted by Crippen LogP contribution is -2.11. The lowest BCUT2D eigenvalue weighted by Gasteiger charge is -2.06. The van der Waals surface area contributed by atoms with Gasteiger partial charge in [0.2, 0.25) is 0 Å². The number of hydrogen-bond donors (Lipinski definition) is 2. The molecule has 2 aromatic heterocycles. The number of carbonyl (C=O) groups excluding carboxylic acids is 1. The number of rotatable bonds is 7. The number of carbonyl (C=O) groups is 2. The maximum Gasteiger partial charge on any atom is 0.305 e. The average Bonchev–Trinajstić information content (AvgIpc) is 3.24. The molecule has 2 heterocycles. The van der Waals surface area contributed by atoms with E-state index in [0.29, 0.717) is 22.8 Å². The zero-order chi connectivity index (χ0) is 18.5. The molecule has 0 unspecified atom stereocenters. The molecule has 8 nitrogen and oxygen atoms in total. The Bertz CT molecular complexity index is 917. The van der Waals surface area contributed by atoms with Gasteiger partial charge in [-0.1, -0.05) is 23.7 Å². The molecule has 0 saturated heterocycles. The minimum Gasteiger partial charge on any atom is -0.481 e. The minimum atomic E-state index is -0.913. The number of carboxylic acid groups (broad SMARTS) is 1. The van der Waals surface area contributed by atoms with E-state index in [0.717, 1.165) is 5.56 Å². The van der Waals surface area contributed by atoms with Crippen molar-refractivity contribution in [2.75, 3.05) is 5.32 Å². The summed E-state index contributed by atoms with van der Waals surface area (Å²) in [6.45, 7) is 0.798. The zero-order valence-electron chi connectivity index (χ0n) is 13.7. The molecule has 0 aliphatic heterocycles. The van der Waals surface area contributed by atoms with Crippen molar-refractivity contribution in [3.8, 4) is 0 Å². The van der Waals surface area contributed by atoms with Gasteiger partial charge in [0.25, 0.3) is 5.91 Å². The first kappa shape index (κ1) is 17.7. The van der Waals surface area contributed by atoms with Crippen molar-refractivity contribution in [1.29, 1.82) is 0 Å². The van der Waals surface area contributed by atoms with Gasteiger partial charge in [-0.2, -0.15) is 10.2 Å². The van der Waals surface area contributed by atoms with Crippen molar-refractivity contribution in [2.45, 2.75) is 19.5 Å². The molecule has 3 aromatic rings. The maximum atomic E-state index is 12.2. The van der Waals surface area contributed by atoms with Crippen LogP contribution in [0.2, 0.25) is 5.02 Å². The highest BCUT2D eigenvalue weighted by molar-refractivity contribution is 6.30. The van der Waals surface area contributed by atoms with Crippen LogP contribution < -0.4 is 5.32 Å². The summed E-state index contributed by atoms with van der Waals surface area (Å²) in [5, 5.41) is 20.1. The number of anilines is 1. The first-order valence-corrected chi connectivity index (χ1v) is 8.20. The molecule has 1 amide bonds. The number of nitrogens with zero attached hydrogens (tertiary/aromatic N) is 4. The van der Waals surface area contributed by atoms with Crippen LogP contribution in [0.15, 0.2) is 49.1 Å². The summed E-state index contributed by atoms with van der Waals surface area (Å²) < 4.78 is 3.16. The van der Waals surface area contributed by atoms with E-state index in [4.69, 9.17) is 16.7 Å². The molecular formula is C17H16ClN5O3. The topological polar surface area (TPSA) is 102 Å². The third-order valence-electron chi connectivity index (χ3n) is 3.61. The van der Waals surface area contributed by atoms with Crippen LogP contribution in [0.3, 0.4) is 0 Å². The summed E-state index contributed by atoms with van der Waals surface area (Å²) in [4.78, 5) is 22.8. The van der Waals surface area contributed by atoms with E-state index < -0.39 is 5.97 Å². The fraction of sp³-hybridized carbons (Fsp3) is 0.176. The Morgan fingerprint density at radius 1 is 1.08 bits per heavy atom. The number of halogens is 1. The largest absolute Gasteiger partial charge is 0.481 e. The van der Waals surface area contributed by atoms with Gasteiger partial charge in [-0.05, 0) is 17.7 Å².